The lowest BCUT2D eigenvalue weighted by Gasteiger charge is -2.56. The molecule has 1 saturated carbocycles. The lowest BCUT2D eigenvalue weighted by atomic mass is 9.47. The molecule has 134 valence electrons. The Kier molecular flexibility index (Phi) is 3.98. The van der Waals surface area contributed by atoms with Gasteiger partial charge in [0.15, 0.2) is 0 Å². The van der Waals surface area contributed by atoms with E-state index >= 15 is 0 Å². The maximum absolute atomic E-state index is 12.3. The van der Waals surface area contributed by atoms with Crippen LogP contribution >= 0.6 is 0 Å². The highest BCUT2D eigenvalue weighted by Crippen LogP contribution is 2.58. The SMILES string of the molecule is CC12CCc3cc(C(=O)O)ccc3C1(Cc1ccccc1)CCC(=O)C2. The molecule has 3 heteroatoms. The van der Waals surface area contributed by atoms with Gasteiger partial charge in [-0.25, -0.2) is 4.79 Å². The number of aromatic carboxylic acids is 1. The fraction of sp³-hybridized carbons (Fsp3) is 0.391. The van der Waals surface area contributed by atoms with Crippen LogP contribution in [0.1, 0.15) is 59.7 Å². The second kappa shape index (κ2) is 6.08. The van der Waals surface area contributed by atoms with E-state index in [4.69, 9.17) is 0 Å². The summed E-state index contributed by atoms with van der Waals surface area (Å²) >= 11 is 0. The summed E-state index contributed by atoms with van der Waals surface area (Å²) in [7, 11) is 0. The Morgan fingerprint density at radius 2 is 1.85 bits per heavy atom. The number of fused-ring (bicyclic) bond motifs is 3. The summed E-state index contributed by atoms with van der Waals surface area (Å²) in [6.45, 7) is 2.26. The number of hydrogen-bond acceptors (Lipinski definition) is 2. The van der Waals surface area contributed by atoms with Crippen LogP contribution in [-0.4, -0.2) is 16.9 Å². The molecule has 1 N–H and O–H groups in total. The molecule has 0 spiro atoms. The third-order valence-corrected chi connectivity index (χ3v) is 6.74. The monoisotopic (exact) mass is 348 g/mol. The highest BCUT2D eigenvalue weighted by Gasteiger charge is 2.54. The van der Waals surface area contributed by atoms with Crippen LogP contribution in [0.4, 0.5) is 0 Å². The first kappa shape index (κ1) is 17.0. The molecule has 0 amide bonds. The molecule has 26 heavy (non-hydrogen) atoms. The van der Waals surface area contributed by atoms with E-state index < -0.39 is 5.97 Å². The van der Waals surface area contributed by atoms with Gasteiger partial charge >= 0.3 is 5.97 Å². The predicted octanol–water partition coefficient (Wildman–Crippen LogP) is 4.57. The van der Waals surface area contributed by atoms with Gasteiger partial charge in [0.1, 0.15) is 5.78 Å². The Morgan fingerprint density at radius 1 is 1.08 bits per heavy atom. The van der Waals surface area contributed by atoms with Gasteiger partial charge in [0, 0.05) is 18.3 Å². The van der Waals surface area contributed by atoms with Crippen molar-refractivity contribution in [3.63, 3.8) is 0 Å². The zero-order valence-electron chi connectivity index (χ0n) is 15.1. The summed E-state index contributed by atoms with van der Waals surface area (Å²) in [5.41, 5.74) is 3.86. The van der Waals surface area contributed by atoms with Crippen LogP contribution in [0.2, 0.25) is 0 Å². The molecule has 0 aliphatic heterocycles. The maximum atomic E-state index is 12.3. The molecule has 0 heterocycles. The van der Waals surface area contributed by atoms with E-state index in [0.717, 1.165) is 31.2 Å². The molecule has 4 rings (SSSR count). The Morgan fingerprint density at radius 3 is 2.58 bits per heavy atom. The third-order valence-electron chi connectivity index (χ3n) is 6.74. The minimum atomic E-state index is -0.878. The number of carbonyl (C=O) groups is 2. The lowest BCUT2D eigenvalue weighted by Crippen LogP contribution is -2.53. The van der Waals surface area contributed by atoms with Crippen molar-refractivity contribution in [1.29, 1.82) is 0 Å². The largest absolute Gasteiger partial charge is 0.478 e. The van der Waals surface area contributed by atoms with Gasteiger partial charge in [0.2, 0.25) is 0 Å². The van der Waals surface area contributed by atoms with E-state index in [0.29, 0.717) is 24.2 Å². The zero-order chi connectivity index (χ0) is 18.4. The smallest absolute Gasteiger partial charge is 0.335 e. The predicted molar refractivity (Wildman–Crippen MR) is 101 cm³/mol. The van der Waals surface area contributed by atoms with Crippen LogP contribution in [0.5, 0.6) is 0 Å². The molecule has 2 atom stereocenters. The number of rotatable bonds is 3. The Balaban J connectivity index is 1.87. The number of carboxylic acids is 1. The number of carbonyl (C=O) groups excluding carboxylic acids is 1. The highest BCUT2D eigenvalue weighted by molar-refractivity contribution is 5.88. The molecule has 0 bridgehead atoms. The molecule has 2 unspecified atom stereocenters. The van der Waals surface area contributed by atoms with E-state index in [2.05, 4.69) is 31.2 Å². The molecule has 2 aliphatic carbocycles. The van der Waals surface area contributed by atoms with Crippen LogP contribution in [0.15, 0.2) is 48.5 Å². The van der Waals surface area contributed by atoms with Crippen molar-refractivity contribution in [3.8, 4) is 0 Å². The summed E-state index contributed by atoms with van der Waals surface area (Å²) < 4.78 is 0. The summed E-state index contributed by atoms with van der Waals surface area (Å²) in [6, 6.07) is 16.1. The van der Waals surface area contributed by atoms with Gasteiger partial charge in [-0.05, 0) is 59.9 Å². The first-order chi connectivity index (χ1) is 12.4. The minimum absolute atomic E-state index is 0.0735. The minimum Gasteiger partial charge on any atom is -0.478 e. The number of hydrogen-bond donors (Lipinski definition) is 1. The van der Waals surface area contributed by atoms with Gasteiger partial charge in [0.05, 0.1) is 5.56 Å². The van der Waals surface area contributed by atoms with E-state index in [1.54, 1.807) is 6.07 Å². The van der Waals surface area contributed by atoms with Gasteiger partial charge in [-0.2, -0.15) is 0 Å². The van der Waals surface area contributed by atoms with Gasteiger partial charge in [0.25, 0.3) is 0 Å². The van der Waals surface area contributed by atoms with Crippen molar-refractivity contribution in [3.05, 3.63) is 70.8 Å². The summed E-state index contributed by atoms with van der Waals surface area (Å²) in [5.74, 6) is -0.515. The highest BCUT2D eigenvalue weighted by atomic mass is 16.4. The summed E-state index contributed by atoms with van der Waals surface area (Å²) in [6.07, 6.45) is 4.76. The van der Waals surface area contributed by atoms with Crippen LogP contribution in [0, 0.1) is 5.41 Å². The second-order valence-electron chi connectivity index (χ2n) is 8.20. The molecule has 3 nitrogen and oxygen atoms in total. The van der Waals surface area contributed by atoms with E-state index in [-0.39, 0.29) is 10.8 Å². The Bertz CT molecular complexity index is 870. The van der Waals surface area contributed by atoms with Gasteiger partial charge in [-0.15, -0.1) is 0 Å². The van der Waals surface area contributed by atoms with Crippen molar-refractivity contribution in [1.82, 2.24) is 0 Å². The van der Waals surface area contributed by atoms with Gasteiger partial charge in [-0.1, -0.05) is 43.3 Å². The number of benzene rings is 2. The normalized spacial score (nSPS) is 27.5. The molecule has 1 fully saturated rings. The molecule has 2 aromatic rings. The molecule has 2 aliphatic rings. The van der Waals surface area contributed by atoms with Crippen LogP contribution in [0.3, 0.4) is 0 Å². The van der Waals surface area contributed by atoms with Crippen molar-refractivity contribution in [2.24, 2.45) is 5.41 Å². The fourth-order valence-electron chi connectivity index (χ4n) is 5.29. The first-order valence-corrected chi connectivity index (χ1v) is 9.36. The van der Waals surface area contributed by atoms with Crippen LogP contribution < -0.4 is 0 Å². The third kappa shape index (κ3) is 2.57. The van der Waals surface area contributed by atoms with Gasteiger partial charge < -0.3 is 5.11 Å². The van der Waals surface area contributed by atoms with Crippen molar-refractivity contribution >= 4 is 11.8 Å². The van der Waals surface area contributed by atoms with Crippen LogP contribution in [0.25, 0.3) is 0 Å². The number of ketones is 1. The number of aryl methyl sites for hydroxylation is 1. The average molecular weight is 348 g/mol. The number of Topliss-reactive ketones (excluding diaryl/α,β-unsaturated/α-hetero) is 1. The molecule has 0 saturated heterocycles. The lowest BCUT2D eigenvalue weighted by molar-refractivity contribution is -0.127. The Hall–Kier alpha value is -2.42. The molecule has 0 aromatic heterocycles. The average Bonchev–Trinajstić information content (AvgIpc) is 2.63. The molecule has 2 aromatic carbocycles. The molecular formula is C23H24O3. The standard InChI is InChI=1S/C23H24O3/c1-22-11-9-17-13-18(21(25)26)7-8-20(17)23(22,12-10-19(24)15-22)14-16-5-3-2-4-6-16/h2-8,13H,9-12,14-15H2,1H3,(H,25,26). The quantitative estimate of drug-likeness (QED) is 0.884. The van der Waals surface area contributed by atoms with E-state index in [1.165, 1.54) is 11.1 Å². The number of carboxylic acid groups (broad SMARTS) is 1. The van der Waals surface area contributed by atoms with Crippen LogP contribution in [-0.2, 0) is 23.1 Å². The van der Waals surface area contributed by atoms with Gasteiger partial charge in [-0.3, -0.25) is 4.79 Å². The second-order valence-corrected chi connectivity index (χ2v) is 8.20. The van der Waals surface area contributed by atoms with Crippen molar-refractivity contribution < 1.29 is 14.7 Å². The summed E-state index contributed by atoms with van der Waals surface area (Å²) in [4.78, 5) is 23.7. The molecular weight excluding hydrogens is 324 g/mol. The molecule has 0 radical (unpaired) electrons. The first-order valence-electron chi connectivity index (χ1n) is 9.36. The Labute approximate surface area is 154 Å². The van der Waals surface area contributed by atoms with E-state index in [1.807, 2.05) is 18.2 Å². The van der Waals surface area contributed by atoms with Crippen molar-refractivity contribution in [2.45, 2.75) is 50.9 Å². The maximum Gasteiger partial charge on any atom is 0.335 e. The fourth-order valence-corrected chi connectivity index (χ4v) is 5.29. The topological polar surface area (TPSA) is 54.4 Å². The zero-order valence-corrected chi connectivity index (χ0v) is 15.1. The van der Waals surface area contributed by atoms with Crippen molar-refractivity contribution in [2.75, 3.05) is 0 Å². The van der Waals surface area contributed by atoms with E-state index in [9.17, 15) is 14.7 Å². The summed E-state index contributed by atoms with van der Waals surface area (Å²) in [5, 5.41) is 9.36.